The van der Waals surface area contributed by atoms with Gasteiger partial charge in [0.15, 0.2) is 0 Å². The number of hydrogen-bond acceptors (Lipinski definition) is 2. The molecule has 0 saturated carbocycles. The first kappa shape index (κ1) is 11.9. The fourth-order valence-electron chi connectivity index (χ4n) is 0.585. The summed E-state index contributed by atoms with van der Waals surface area (Å²) in [5, 5.41) is -0.182. The Hall–Kier alpha value is -0.0631. The first-order chi connectivity index (χ1) is 5.34. The standard InChI is InChI=1S/C8H17NOSSi/c1-9(12(2,3)4)7-5-6-8(10)11/h5-6H,7H2,1-4H3,(H,10,11). The molecular weight excluding hydrogens is 186 g/mol. The van der Waals surface area contributed by atoms with Gasteiger partial charge >= 0.3 is 0 Å². The smallest absolute Gasteiger partial charge is 0.208 e. The summed E-state index contributed by atoms with van der Waals surface area (Å²) >= 11 is 3.64. The number of hydrogen-bond donors (Lipinski definition) is 1. The van der Waals surface area contributed by atoms with E-state index in [1.807, 2.05) is 6.08 Å². The second kappa shape index (κ2) is 4.84. The highest BCUT2D eigenvalue weighted by molar-refractivity contribution is 7.97. The number of likely N-dealkylation sites (N-methyl/N-ethyl adjacent to an activating group) is 1. The average Bonchev–Trinajstić information content (AvgIpc) is 1.84. The van der Waals surface area contributed by atoms with Gasteiger partial charge in [-0.2, -0.15) is 0 Å². The molecular formula is C8H17NOSSi. The lowest BCUT2D eigenvalue weighted by molar-refractivity contribution is -0.106. The van der Waals surface area contributed by atoms with Crippen LogP contribution in [-0.4, -0.2) is 31.5 Å². The molecule has 0 saturated heterocycles. The minimum atomic E-state index is -1.19. The van der Waals surface area contributed by atoms with Crippen molar-refractivity contribution in [3.8, 4) is 0 Å². The summed E-state index contributed by atoms with van der Waals surface area (Å²) in [7, 11) is 0.896. The second-order valence-corrected chi connectivity index (χ2v) is 9.34. The van der Waals surface area contributed by atoms with Crippen LogP contribution in [0.25, 0.3) is 0 Å². The quantitative estimate of drug-likeness (QED) is 0.427. The van der Waals surface area contributed by atoms with Gasteiger partial charge in [0.1, 0.15) is 8.24 Å². The lowest BCUT2D eigenvalue weighted by Gasteiger charge is -2.28. The van der Waals surface area contributed by atoms with Crippen LogP contribution in [0.1, 0.15) is 0 Å². The van der Waals surface area contributed by atoms with Crippen LogP contribution in [0.2, 0.25) is 19.6 Å². The molecule has 12 heavy (non-hydrogen) atoms. The summed E-state index contributed by atoms with van der Waals surface area (Å²) in [6.45, 7) is 7.64. The maximum atomic E-state index is 10.4. The van der Waals surface area contributed by atoms with E-state index in [1.54, 1.807) is 0 Å². The van der Waals surface area contributed by atoms with Crippen molar-refractivity contribution in [2.75, 3.05) is 13.6 Å². The lowest BCUT2D eigenvalue weighted by atomic mass is 10.5. The number of carbonyl (C=O) groups excluding carboxylic acids is 1. The molecule has 0 radical (unpaired) electrons. The molecule has 0 aromatic rings. The van der Waals surface area contributed by atoms with E-state index in [0.29, 0.717) is 0 Å². The maximum absolute atomic E-state index is 10.4. The zero-order valence-electron chi connectivity index (χ0n) is 8.16. The van der Waals surface area contributed by atoms with Crippen molar-refractivity contribution in [2.45, 2.75) is 19.6 Å². The van der Waals surface area contributed by atoms with E-state index in [2.05, 4.69) is 43.9 Å². The third kappa shape index (κ3) is 5.57. The van der Waals surface area contributed by atoms with Crippen molar-refractivity contribution in [1.82, 2.24) is 4.57 Å². The van der Waals surface area contributed by atoms with Crippen LogP contribution in [0.4, 0.5) is 0 Å². The monoisotopic (exact) mass is 203 g/mol. The summed E-state index contributed by atoms with van der Waals surface area (Å²) in [6, 6.07) is 0. The molecule has 70 valence electrons. The van der Waals surface area contributed by atoms with Crippen LogP contribution in [0.5, 0.6) is 0 Å². The Labute approximate surface area is 81.1 Å². The third-order valence-corrected chi connectivity index (χ3v) is 4.41. The lowest BCUT2D eigenvalue weighted by Crippen LogP contribution is -2.42. The van der Waals surface area contributed by atoms with E-state index in [9.17, 15) is 4.79 Å². The fraction of sp³-hybridized carbons (Fsp3) is 0.625. The van der Waals surface area contributed by atoms with E-state index in [1.165, 1.54) is 6.08 Å². The molecule has 0 heterocycles. The third-order valence-electron chi connectivity index (χ3n) is 1.78. The van der Waals surface area contributed by atoms with Crippen LogP contribution in [-0.2, 0) is 4.79 Å². The average molecular weight is 203 g/mol. The highest BCUT2D eigenvalue weighted by Gasteiger charge is 2.17. The van der Waals surface area contributed by atoms with E-state index < -0.39 is 8.24 Å². The topological polar surface area (TPSA) is 20.3 Å². The summed E-state index contributed by atoms with van der Waals surface area (Å²) < 4.78 is 2.29. The molecule has 2 nitrogen and oxygen atoms in total. The van der Waals surface area contributed by atoms with Crippen molar-refractivity contribution >= 4 is 26.0 Å². The SMILES string of the molecule is CN(CC=CC(=O)S)[Si](C)(C)C. The van der Waals surface area contributed by atoms with Gasteiger partial charge in [0.2, 0.25) is 5.12 Å². The van der Waals surface area contributed by atoms with Crippen LogP contribution >= 0.6 is 12.6 Å². The molecule has 0 fully saturated rings. The number of nitrogens with zero attached hydrogens (tertiary/aromatic N) is 1. The largest absolute Gasteiger partial charge is 0.323 e. The Morgan fingerprint density at radius 3 is 2.33 bits per heavy atom. The van der Waals surface area contributed by atoms with Gasteiger partial charge in [-0.15, -0.1) is 12.6 Å². The summed E-state index contributed by atoms with van der Waals surface area (Å²) in [4.78, 5) is 10.4. The molecule has 0 aliphatic heterocycles. The van der Waals surface area contributed by atoms with Gasteiger partial charge in [0, 0.05) is 6.54 Å². The van der Waals surface area contributed by atoms with E-state index in [-0.39, 0.29) is 5.12 Å². The van der Waals surface area contributed by atoms with Crippen molar-refractivity contribution < 1.29 is 4.79 Å². The van der Waals surface area contributed by atoms with Gasteiger partial charge in [-0.05, 0) is 13.1 Å². The normalized spacial score (nSPS) is 12.8. The summed E-state index contributed by atoms with van der Waals surface area (Å²) in [6.07, 6.45) is 3.35. The van der Waals surface area contributed by atoms with Gasteiger partial charge in [0.25, 0.3) is 0 Å². The minimum absolute atomic E-state index is 0.182. The van der Waals surface area contributed by atoms with Gasteiger partial charge in [0.05, 0.1) is 0 Å². The van der Waals surface area contributed by atoms with Gasteiger partial charge in [-0.3, -0.25) is 4.79 Å². The fourth-order valence-corrected chi connectivity index (χ4v) is 1.34. The zero-order valence-corrected chi connectivity index (χ0v) is 10.1. The molecule has 0 aliphatic rings. The number of thiol groups is 1. The van der Waals surface area contributed by atoms with Crippen molar-refractivity contribution in [2.24, 2.45) is 0 Å². The maximum Gasteiger partial charge on any atom is 0.208 e. The molecule has 0 aromatic carbocycles. The van der Waals surface area contributed by atoms with Crippen molar-refractivity contribution in [1.29, 1.82) is 0 Å². The van der Waals surface area contributed by atoms with Gasteiger partial charge in [-0.1, -0.05) is 25.7 Å². The molecule has 0 amide bonds. The van der Waals surface area contributed by atoms with Gasteiger partial charge < -0.3 is 4.57 Å². The van der Waals surface area contributed by atoms with Gasteiger partial charge in [-0.25, -0.2) is 0 Å². The Balaban J connectivity index is 3.87. The van der Waals surface area contributed by atoms with E-state index in [0.717, 1.165) is 6.54 Å². The number of carbonyl (C=O) groups is 1. The number of rotatable bonds is 4. The van der Waals surface area contributed by atoms with Crippen molar-refractivity contribution in [3.63, 3.8) is 0 Å². The van der Waals surface area contributed by atoms with Crippen LogP contribution in [0.3, 0.4) is 0 Å². The zero-order chi connectivity index (χ0) is 9.78. The van der Waals surface area contributed by atoms with Crippen LogP contribution in [0.15, 0.2) is 12.2 Å². The van der Waals surface area contributed by atoms with Crippen LogP contribution < -0.4 is 0 Å². The van der Waals surface area contributed by atoms with E-state index in [4.69, 9.17) is 0 Å². The molecule has 0 aliphatic carbocycles. The Kier molecular flexibility index (Phi) is 4.81. The predicted molar refractivity (Wildman–Crippen MR) is 59.1 cm³/mol. The van der Waals surface area contributed by atoms with Crippen molar-refractivity contribution in [3.05, 3.63) is 12.2 Å². The molecule has 0 rings (SSSR count). The Morgan fingerprint density at radius 2 is 2.00 bits per heavy atom. The summed E-state index contributed by atoms with van der Waals surface area (Å²) in [5.41, 5.74) is 0. The highest BCUT2D eigenvalue weighted by atomic mass is 32.1. The predicted octanol–water partition coefficient (Wildman–Crippen LogP) is 1.77. The first-order valence-electron chi connectivity index (χ1n) is 3.95. The molecule has 0 atom stereocenters. The Morgan fingerprint density at radius 1 is 1.50 bits per heavy atom. The van der Waals surface area contributed by atoms with E-state index >= 15 is 0 Å². The first-order valence-corrected chi connectivity index (χ1v) is 7.84. The highest BCUT2D eigenvalue weighted by Crippen LogP contribution is 2.05. The Bertz CT molecular complexity index is 186. The second-order valence-electron chi connectivity index (χ2n) is 3.79. The van der Waals surface area contributed by atoms with Crippen LogP contribution in [0, 0.1) is 0 Å². The summed E-state index contributed by atoms with van der Waals surface area (Å²) in [5.74, 6) is 0. The molecule has 0 aromatic heterocycles. The molecule has 0 unspecified atom stereocenters. The molecule has 0 bridgehead atoms. The molecule has 0 spiro atoms. The molecule has 0 N–H and O–H groups in total. The molecule has 4 heteroatoms. The minimum Gasteiger partial charge on any atom is -0.323 e.